The molecule has 0 aliphatic heterocycles. The Balaban J connectivity index is 2.84. The first-order chi connectivity index (χ1) is 7.93. The molecule has 0 spiro atoms. The van der Waals surface area contributed by atoms with Crippen LogP contribution in [0.5, 0.6) is 0 Å². The second-order valence-corrected chi connectivity index (χ2v) is 5.50. The molecule has 0 radical (unpaired) electrons. The van der Waals surface area contributed by atoms with Crippen LogP contribution >= 0.6 is 0 Å². The zero-order chi connectivity index (χ0) is 12.6. The molecule has 0 aliphatic rings. The van der Waals surface area contributed by atoms with Gasteiger partial charge in [0.25, 0.3) is 10.1 Å². The minimum absolute atomic E-state index is 0.0506. The van der Waals surface area contributed by atoms with Crippen LogP contribution < -0.4 is 0 Å². The van der Waals surface area contributed by atoms with E-state index in [-0.39, 0.29) is 4.90 Å². The van der Waals surface area contributed by atoms with E-state index in [1.54, 1.807) is 6.07 Å². The molecule has 2 aromatic rings. The topological polar surface area (TPSA) is 54.4 Å². The zero-order valence-electron chi connectivity index (χ0n) is 9.77. The van der Waals surface area contributed by atoms with Gasteiger partial charge in [0.1, 0.15) is 0 Å². The molecule has 4 heteroatoms. The van der Waals surface area contributed by atoms with Crippen molar-refractivity contribution in [1.82, 2.24) is 0 Å². The fourth-order valence-corrected chi connectivity index (χ4v) is 2.51. The summed E-state index contributed by atoms with van der Waals surface area (Å²) in [7, 11) is -4.13. The predicted molar refractivity (Wildman–Crippen MR) is 67.9 cm³/mol. The number of hydrogen-bond donors (Lipinski definition) is 1. The lowest BCUT2D eigenvalue weighted by Crippen LogP contribution is -1.98. The molecule has 0 fully saturated rings. The highest BCUT2D eigenvalue weighted by Crippen LogP contribution is 2.25. The maximum absolute atomic E-state index is 11.1. The van der Waals surface area contributed by atoms with Crippen molar-refractivity contribution in [1.29, 1.82) is 0 Å². The summed E-state index contributed by atoms with van der Waals surface area (Å²) in [6.45, 7) is 4.00. The molecular weight excluding hydrogens is 236 g/mol. The average Bonchev–Trinajstić information content (AvgIpc) is 2.28. The van der Waals surface area contributed by atoms with Gasteiger partial charge in [-0.1, -0.05) is 25.1 Å². The van der Waals surface area contributed by atoms with Gasteiger partial charge in [0.15, 0.2) is 0 Å². The summed E-state index contributed by atoms with van der Waals surface area (Å²) in [6.07, 6.45) is 0.825. The normalized spacial score (nSPS) is 11.9. The average molecular weight is 250 g/mol. The van der Waals surface area contributed by atoms with Crippen LogP contribution in [0.3, 0.4) is 0 Å². The molecule has 17 heavy (non-hydrogen) atoms. The monoisotopic (exact) mass is 250 g/mol. The third kappa shape index (κ3) is 2.18. The molecule has 0 aliphatic carbocycles. The number of rotatable bonds is 2. The number of aryl methyl sites for hydroxylation is 2. The first-order valence-electron chi connectivity index (χ1n) is 5.43. The minimum Gasteiger partial charge on any atom is -0.282 e. The van der Waals surface area contributed by atoms with E-state index in [4.69, 9.17) is 4.55 Å². The maximum Gasteiger partial charge on any atom is 0.294 e. The van der Waals surface area contributed by atoms with Crippen LogP contribution in [0.1, 0.15) is 18.1 Å². The van der Waals surface area contributed by atoms with E-state index in [2.05, 4.69) is 0 Å². The molecule has 0 saturated heterocycles. The van der Waals surface area contributed by atoms with Crippen molar-refractivity contribution in [2.45, 2.75) is 25.2 Å². The molecule has 0 amide bonds. The highest BCUT2D eigenvalue weighted by molar-refractivity contribution is 7.85. The van der Waals surface area contributed by atoms with Crippen LogP contribution in [0.4, 0.5) is 0 Å². The van der Waals surface area contributed by atoms with Crippen molar-refractivity contribution in [3.63, 3.8) is 0 Å². The van der Waals surface area contributed by atoms with Crippen molar-refractivity contribution < 1.29 is 13.0 Å². The van der Waals surface area contributed by atoms with Crippen LogP contribution in [0.15, 0.2) is 35.2 Å². The summed E-state index contributed by atoms with van der Waals surface area (Å²) in [5.74, 6) is 0. The first kappa shape index (κ1) is 12.1. The van der Waals surface area contributed by atoms with Crippen molar-refractivity contribution in [3.05, 3.63) is 41.5 Å². The Labute approximate surface area is 101 Å². The summed E-state index contributed by atoms with van der Waals surface area (Å²) < 4.78 is 31.3. The van der Waals surface area contributed by atoms with Crippen LogP contribution in [0, 0.1) is 6.92 Å². The predicted octanol–water partition coefficient (Wildman–Crippen LogP) is 2.96. The lowest BCUT2D eigenvalue weighted by molar-refractivity contribution is 0.483. The van der Waals surface area contributed by atoms with Gasteiger partial charge in [-0.2, -0.15) is 8.42 Å². The maximum atomic E-state index is 11.1. The third-order valence-corrected chi connectivity index (χ3v) is 3.82. The van der Waals surface area contributed by atoms with Gasteiger partial charge in [-0.3, -0.25) is 4.55 Å². The second-order valence-electron chi connectivity index (χ2n) is 4.08. The fraction of sp³-hybridized carbons (Fsp3) is 0.231. The summed E-state index contributed by atoms with van der Waals surface area (Å²) >= 11 is 0. The lowest BCUT2D eigenvalue weighted by atomic mass is 9.99. The molecule has 2 rings (SSSR count). The van der Waals surface area contributed by atoms with Gasteiger partial charge >= 0.3 is 0 Å². The van der Waals surface area contributed by atoms with Crippen LogP contribution in [0.2, 0.25) is 0 Å². The SMILES string of the molecule is CCc1ccc(C)c2ccc(S(=O)(=O)O)cc12. The van der Waals surface area contributed by atoms with Crippen LogP contribution in [-0.2, 0) is 16.5 Å². The Morgan fingerprint density at radius 3 is 2.41 bits per heavy atom. The lowest BCUT2D eigenvalue weighted by Gasteiger charge is -2.08. The summed E-state index contributed by atoms with van der Waals surface area (Å²) in [4.78, 5) is -0.0506. The van der Waals surface area contributed by atoms with E-state index in [9.17, 15) is 8.42 Å². The smallest absolute Gasteiger partial charge is 0.282 e. The highest BCUT2D eigenvalue weighted by atomic mass is 32.2. The number of fused-ring (bicyclic) bond motifs is 1. The van der Waals surface area contributed by atoms with Crippen molar-refractivity contribution >= 4 is 20.9 Å². The van der Waals surface area contributed by atoms with Gasteiger partial charge in [0, 0.05) is 0 Å². The first-order valence-corrected chi connectivity index (χ1v) is 6.87. The Morgan fingerprint density at radius 1 is 1.12 bits per heavy atom. The Bertz CT molecular complexity index is 672. The van der Waals surface area contributed by atoms with Crippen molar-refractivity contribution in [2.75, 3.05) is 0 Å². The summed E-state index contributed by atoms with van der Waals surface area (Å²) in [5.41, 5.74) is 2.18. The van der Waals surface area contributed by atoms with Gasteiger partial charge in [0.2, 0.25) is 0 Å². The van der Waals surface area contributed by atoms with Crippen molar-refractivity contribution in [3.8, 4) is 0 Å². The van der Waals surface area contributed by atoms with E-state index in [0.717, 1.165) is 28.3 Å². The van der Waals surface area contributed by atoms with Gasteiger partial charge in [-0.05, 0) is 47.4 Å². The zero-order valence-corrected chi connectivity index (χ0v) is 10.6. The standard InChI is InChI=1S/C13H14O3S/c1-3-10-5-4-9(2)12-7-6-11(8-13(10)12)17(14,15)16/h4-8H,3H2,1-2H3,(H,14,15,16). The Hall–Kier alpha value is -1.39. The van der Waals surface area contributed by atoms with E-state index < -0.39 is 10.1 Å². The molecule has 0 saturated carbocycles. The molecule has 90 valence electrons. The van der Waals surface area contributed by atoms with Gasteiger partial charge in [-0.25, -0.2) is 0 Å². The molecule has 0 heterocycles. The van der Waals surface area contributed by atoms with Crippen molar-refractivity contribution in [2.24, 2.45) is 0 Å². The van der Waals surface area contributed by atoms with E-state index >= 15 is 0 Å². The minimum atomic E-state index is -4.13. The molecular formula is C13H14O3S. The van der Waals surface area contributed by atoms with Crippen LogP contribution in [-0.4, -0.2) is 13.0 Å². The largest absolute Gasteiger partial charge is 0.294 e. The molecule has 2 aromatic carbocycles. The molecule has 1 N–H and O–H groups in total. The van der Waals surface area contributed by atoms with E-state index in [1.165, 1.54) is 12.1 Å². The molecule has 0 bridgehead atoms. The third-order valence-electron chi connectivity index (χ3n) is 2.98. The van der Waals surface area contributed by atoms with Gasteiger partial charge < -0.3 is 0 Å². The highest BCUT2D eigenvalue weighted by Gasteiger charge is 2.11. The van der Waals surface area contributed by atoms with Crippen LogP contribution in [0.25, 0.3) is 10.8 Å². The quantitative estimate of drug-likeness (QED) is 0.834. The number of hydrogen-bond acceptors (Lipinski definition) is 2. The number of benzene rings is 2. The van der Waals surface area contributed by atoms with E-state index in [1.807, 2.05) is 26.0 Å². The molecule has 3 nitrogen and oxygen atoms in total. The van der Waals surface area contributed by atoms with Gasteiger partial charge in [0.05, 0.1) is 4.90 Å². The summed E-state index contributed by atoms with van der Waals surface area (Å²) in [6, 6.07) is 8.73. The Kier molecular flexibility index (Phi) is 2.93. The fourth-order valence-electron chi connectivity index (χ4n) is 2.01. The van der Waals surface area contributed by atoms with E-state index in [0.29, 0.717) is 0 Å². The Morgan fingerprint density at radius 2 is 1.82 bits per heavy atom. The van der Waals surface area contributed by atoms with Gasteiger partial charge in [-0.15, -0.1) is 0 Å². The molecule has 0 atom stereocenters. The second kappa shape index (κ2) is 4.13. The summed E-state index contributed by atoms with van der Waals surface area (Å²) in [5, 5.41) is 1.92. The molecule has 0 unspecified atom stereocenters. The molecule has 0 aromatic heterocycles.